The number of para-hydroxylation sites is 1. The number of ether oxygens (including phenoxy) is 1. The van der Waals surface area contributed by atoms with Crippen LogP contribution in [0.2, 0.25) is 0 Å². The summed E-state index contributed by atoms with van der Waals surface area (Å²) in [5.74, 6) is -2.39. The monoisotopic (exact) mass is 386 g/mol. The van der Waals surface area contributed by atoms with E-state index >= 15 is 0 Å². The van der Waals surface area contributed by atoms with Gasteiger partial charge in [0.2, 0.25) is 11.7 Å². The van der Waals surface area contributed by atoms with Gasteiger partial charge in [0.15, 0.2) is 0 Å². The number of rotatable bonds is 10. The van der Waals surface area contributed by atoms with Crippen LogP contribution in [0.4, 0.5) is 0 Å². The van der Waals surface area contributed by atoms with E-state index in [2.05, 4.69) is 15.1 Å². The molecule has 28 heavy (non-hydrogen) atoms. The number of aromatic nitrogens is 1. The van der Waals surface area contributed by atoms with Gasteiger partial charge in [-0.1, -0.05) is 18.2 Å². The average molecular weight is 386 g/mol. The summed E-state index contributed by atoms with van der Waals surface area (Å²) in [5.41, 5.74) is 11.2. The number of carboxylic acids is 1. The predicted molar refractivity (Wildman–Crippen MR) is 101 cm³/mol. The molecule has 0 bridgehead atoms. The second-order valence-corrected chi connectivity index (χ2v) is 6.39. The van der Waals surface area contributed by atoms with E-state index in [0.717, 1.165) is 22.0 Å². The van der Waals surface area contributed by atoms with Gasteiger partial charge in [0, 0.05) is 37.1 Å². The summed E-state index contributed by atoms with van der Waals surface area (Å²) < 4.78 is 5.27. The van der Waals surface area contributed by atoms with E-state index in [1.165, 1.54) is 7.11 Å². The number of nitrogens with zero attached hydrogens (tertiary/aromatic N) is 2. The fourth-order valence-corrected chi connectivity index (χ4v) is 2.95. The van der Waals surface area contributed by atoms with Crippen molar-refractivity contribution < 1.29 is 29.0 Å². The lowest BCUT2D eigenvalue weighted by molar-refractivity contribution is -0.144. The first-order valence-electron chi connectivity index (χ1n) is 8.69. The molecule has 1 heterocycles. The molecule has 0 spiro atoms. The Kier molecular flexibility index (Phi) is 7.20. The number of carboxylic acid groups (broad SMARTS) is 1. The third-order valence-corrected chi connectivity index (χ3v) is 4.49. The summed E-state index contributed by atoms with van der Waals surface area (Å²) in [4.78, 5) is 41.1. The van der Waals surface area contributed by atoms with Gasteiger partial charge in [-0.05, 0) is 24.5 Å². The van der Waals surface area contributed by atoms with Gasteiger partial charge in [0.25, 0.3) is 0 Å². The molecular formula is C19H22N4O5. The zero-order valence-corrected chi connectivity index (χ0v) is 15.6. The van der Waals surface area contributed by atoms with Crippen molar-refractivity contribution in [1.82, 2.24) is 10.3 Å². The Balaban J connectivity index is 2.08. The molecule has 2 rings (SSSR count). The van der Waals surface area contributed by atoms with Crippen LogP contribution in [0.3, 0.4) is 0 Å². The van der Waals surface area contributed by atoms with E-state index in [1.807, 2.05) is 25.1 Å². The number of aryl methyl sites for hydroxylation is 1. The molecule has 1 aromatic carbocycles. The number of methoxy groups -OCH3 is 1. The minimum Gasteiger partial charge on any atom is -0.480 e. The van der Waals surface area contributed by atoms with Gasteiger partial charge in [-0.3, -0.25) is 9.59 Å². The van der Waals surface area contributed by atoms with E-state index in [0.29, 0.717) is 6.21 Å². The molecule has 2 aromatic rings. The number of hydrogen-bond acceptors (Lipinski definition) is 4. The molecule has 148 valence electrons. The number of benzene rings is 1. The molecular weight excluding hydrogens is 364 g/mol. The summed E-state index contributed by atoms with van der Waals surface area (Å²) in [6.07, 6.45) is 1.55. The molecule has 3 N–H and O–H groups in total. The highest BCUT2D eigenvalue weighted by Crippen LogP contribution is 2.22. The van der Waals surface area contributed by atoms with Crippen LogP contribution in [0.25, 0.3) is 16.4 Å². The van der Waals surface area contributed by atoms with Crippen molar-refractivity contribution in [1.29, 1.82) is 0 Å². The zero-order valence-electron chi connectivity index (χ0n) is 15.6. The maximum absolute atomic E-state index is 12.5. The summed E-state index contributed by atoms with van der Waals surface area (Å²) in [7, 11) is 1.38. The van der Waals surface area contributed by atoms with Crippen LogP contribution in [-0.4, -0.2) is 58.0 Å². The standard InChI is InChI=1S/C19H22N4O5/c1-11-4-3-5-14-12(9-21-17(11)14)8-16(28-2)18(25)23-15(19(26)27)7-6-13(24)10-22-20/h3-5,9-10,15-16,21H,6-8H2,1-2H3,(H,23,25)(H,26,27)/t15-,16-/m0/s1. The van der Waals surface area contributed by atoms with Crippen LogP contribution in [0.15, 0.2) is 24.4 Å². The number of amides is 1. The van der Waals surface area contributed by atoms with Crippen LogP contribution >= 0.6 is 0 Å². The lowest BCUT2D eigenvalue weighted by Gasteiger charge is -2.19. The predicted octanol–water partition coefficient (Wildman–Crippen LogP) is 1.25. The molecule has 0 aliphatic rings. The van der Waals surface area contributed by atoms with Gasteiger partial charge in [0.05, 0.1) is 0 Å². The topological polar surface area (TPSA) is 145 Å². The van der Waals surface area contributed by atoms with Crippen molar-refractivity contribution in [3.63, 3.8) is 0 Å². The van der Waals surface area contributed by atoms with Crippen LogP contribution in [0, 0.1) is 6.92 Å². The lowest BCUT2D eigenvalue weighted by atomic mass is 10.0. The number of carbonyl (C=O) groups is 3. The highest BCUT2D eigenvalue weighted by molar-refractivity contribution is 6.25. The molecule has 1 amide bonds. The van der Waals surface area contributed by atoms with Crippen molar-refractivity contribution in [2.45, 2.75) is 38.3 Å². The van der Waals surface area contributed by atoms with Gasteiger partial charge < -0.3 is 25.7 Å². The number of H-pyrrole nitrogens is 1. The summed E-state index contributed by atoms with van der Waals surface area (Å²) in [6.45, 7) is 1.98. The molecule has 9 nitrogen and oxygen atoms in total. The minimum absolute atomic E-state index is 0.130. The van der Waals surface area contributed by atoms with Gasteiger partial charge in [-0.15, -0.1) is 0 Å². The van der Waals surface area contributed by atoms with E-state index in [9.17, 15) is 19.5 Å². The number of hydrogen-bond donors (Lipinski definition) is 3. The van der Waals surface area contributed by atoms with E-state index in [1.54, 1.807) is 6.20 Å². The molecule has 0 aliphatic heterocycles. The van der Waals surface area contributed by atoms with E-state index in [-0.39, 0.29) is 19.3 Å². The van der Waals surface area contributed by atoms with Crippen LogP contribution in [0.1, 0.15) is 24.0 Å². The van der Waals surface area contributed by atoms with Crippen LogP contribution in [-0.2, 0) is 25.5 Å². The van der Waals surface area contributed by atoms with Gasteiger partial charge in [0.1, 0.15) is 12.1 Å². The number of ketones is 1. The van der Waals surface area contributed by atoms with Crippen molar-refractivity contribution in [2.24, 2.45) is 0 Å². The first-order chi connectivity index (χ1) is 13.4. The van der Waals surface area contributed by atoms with Gasteiger partial charge in [-0.25, -0.2) is 4.79 Å². The average Bonchev–Trinajstić information content (AvgIpc) is 3.07. The largest absolute Gasteiger partial charge is 0.480 e. The van der Waals surface area contributed by atoms with Gasteiger partial charge in [-0.2, -0.15) is 4.79 Å². The Bertz CT molecular complexity index is 930. The second-order valence-electron chi connectivity index (χ2n) is 6.39. The van der Waals surface area contributed by atoms with E-state index in [4.69, 9.17) is 10.3 Å². The number of nitrogens with one attached hydrogen (secondary N) is 2. The Morgan fingerprint density at radius 2 is 2.14 bits per heavy atom. The second kappa shape index (κ2) is 9.59. The molecule has 9 heteroatoms. The molecule has 0 fully saturated rings. The van der Waals surface area contributed by atoms with Crippen molar-refractivity contribution in [3.05, 3.63) is 41.1 Å². The first-order valence-corrected chi connectivity index (χ1v) is 8.69. The molecule has 0 unspecified atom stereocenters. The molecule has 0 saturated carbocycles. The van der Waals surface area contributed by atoms with Gasteiger partial charge >= 0.3 is 12.2 Å². The van der Waals surface area contributed by atoms with Crippen molar-refractivity contribution in [3.8, 4) is 0 Å². The normalized spacial score (nSPS) is 12.8. The number of Topliss-reactive ketones (excluding diaryl/α,β-unsaturated/α-hetero) is 1. The Labute approximate surface area is 161 Å². The molecule has 1 aromatic heterocycles. The van der Waals surface area contributed by atoms with Crippen LogP contribution < -0.4 is 5.32 Å². The number of aromatic amines is 1. The smallest absolute Gasteiger partial charge is 0.326 e. The fourth-order valence-electron chi connectivity index (χ4n) is 2.95. The van der Waals surface area contributed by atoms with E-state index < -0.39 is 29.8 Å². The Hall–Kier alpha value is -3.29. The number of carbonyl (C=O) groups excluding carboxylic acids is 2. The quantitative estimate of drug-likeness (QED) is 0.320. The highest BCUT2D eigenvalue weighted by atomic mass is 16.5. The minimum atomic E-state index is -1.26. The number of aliphatic carboxylic acids is 1. The molecule has 0 saturated heterocycles. The summed E-state index contributed by atoms with van der Waals surface area (Å²) in [6, 6.07) is 4.58. The third kappa shape index (κ3) is 5.12. The maximum Gasteiger partial charge on any atom is 0.326 e. The Morgan fingerprint density at radius 1 is 1.39 bits per heavy atom. The third-order valence-electron chi connectivity index (χ3n) is 4.49. The lowest BCUT2D eigenvalue weighted by Crippen LogP contribution is -2.46. The Morgan fingerprint density at radius 3 is 2.79 bits per heavy atom. The fraction of sp³-hybridized carbons (Fsp3) is 0.368. The first kappa shape index (κ1) is 21.0. The zero-order chi connectivity index (χ0) is 20.7. The highest BCUT2D eigenvalue weighted by Gasteiger charge is 2.26. The molecule has 2 atom stereocenters. The summed E-state index contributed by atoms with van der Waals surface area (Å²) in [5, 5.41) is 12.7. The summed E-state index contributed by atoms with van der Waals surface area (Å²) >= 11 is 0. The number of fused-ring (bicyclic) bond motifs is 1. The van der Waals surface area contributed by atoms with Crippen LogP contribution in [0.5, 0.6) is 0 Å². The maximum atomic E-state index is 12.5. The molecule has 0 radical (unpaired) electrons. The SMILES string of the molecule is CO[C@@H](Cc1c[nH]c2c(C)cccc12)C(=O)N[C@@H](CCC(=O)C=[N+]=[N-])C(=O)O. The molecule has 0 aliphatic carbocycles. The van der Waals surface area contributed by atoms with Crippen molar-refractivity contribution in [2.75, 3.05) is 7.11 Å². The van der Waals surface area contributed by atoms with Crippen molar-refractivity contribution >= 4 is 34.8 Å².